The monoisotopic (exact) mass is 353 g/mol. The van der Waals surface area contributed by atoms with Gasteiger partial charge in [0.2, 0.25) is 0 Å². The Morgan fingerprint density at radius 2 is 1.80 bits per heavy atom. The zero-order valence-corrected chi connectivity index (χ0v) is 15.1. The number of amides is 1. The molecule has 2 atom stereocenters. The number of carboxylic acids is 1. The largest absolute Gasteiger partial charge is 0.494 e. The molecule has 1 aromatic carbocycles. The number of ether oxygens (including phenoxy) is 2. The summed E-state index contributed by atoms with van der Waals surface area (Å²) in [7, 11) is 0. The first kappa shape index (κ1) is 20.8. The number of aliphatic hydroxyl groups is 1. The van der Waals surface area contributed by atoms with E-state index in [1.165, 1.54) is 0 Å². The van der Waals surface area contributed by atoms with Crippen LogP contribution in [0.5, 0.6) is 5.75 Å². The molecule has 7 heteroatoms. The number of aliphatic carboxylic acids is 1. The highest BCUT2D eigenvalue weighted by atomic mass is 16.6. The zero-order valence-electron chi connectivity index (χ0n) is 15.1. The minimum absolute atomic E-state index is 0.140. The van der Waals surface area contributed by atoms with E-state index in [1.807, 2.05) is 6.92 Å². The molecule has 0 aliphatic rings. The molecule has 0 aliphatic heterocycles. The van der Waals surface area contributed by atoms with Crippen molar-refractivity contribution in [1.82, 2.24) is 5.32 Å². The first-order valence-corrected chi connectivity index (χ1v) is 8.24. The standard InChI is InChI=1S/C18H27NO6/c1-5-10-24-13-8-6-12(7-9-13)11-14(15(20)16(21)22)19-17(23)25-18(2,3)4/h6-9,14-15,20H,5,10-11H2,1-4H3,(H,19,23)(H,21,22). The van der Waals surface area contributed by atoms with Gasteiger partial charge in [-0.05, 0) is 51.3 Å². The Kier molecular flexibility index (Phi) is 7.70. The van der Waals surface area contributed by atoms with Gasteiger partial charge in [0, 0.05) is 0 Å². The Hall–Kier alpha value is -2.28. The maximum atomic E-state index is 11.9. The summed E-state index contributed by atoms with van der Waals surface area (Å²) >= 11 is 0. The van der Waals surface area contributed by atoms with Crippen LogP contribution in [0.25, 0.3) is 0 Å². The van der Waals surface area contributed by atoms with Crippen molar-refractivity contribution in [2.24, 2.45) is 0 Å². The molecule has 0 heterocycles. The molecule has 0 spiro atoms. The lowest BCUT2D eigenvalue weighted by Gasteiger charge is -2.25. The lowest BCUT2D eigenvalue weighted by molar-refractivity contribution is -0.148. The number of aliphatic hydroxyl groups excluding tert-OH is 1. The quantitative estimate of drug-likeness (QED) is 0.663. The zero-order chi connectivity index (χ0) is 19.0. The maximum Gasteiger partial charge on any atom is 0.407 e. The van der Waals surface area contributed by atoms with Gasteiger partial charge in [-0.15, -0.1) is 0 Å². The van der Waals surface area contributed by atoms with E-state index < -0.39 is 29.8 Å². The predicted molar refractivity (Wildman–Crippen MR) is 92.7 cm³/mol. The predicted octanol–water partition coefficient (Wildman–Crippen LogP) is 2.36. The fraction of sp³-hybridized carbons (Fsp3) is 0.556. The third-order valence-electron chi connectivity index (χ3n) is 3.19. The number of benzene rings is 1. The highest BCUT2D eigenvalue weighted by Gasteiger charge is 2.29. The number of alkyl carbamates (subject to hydrolysis) is 1. The smallest absolute Gasteiger partial charge is 0.407 e. The minimum atomic E-state index is -1.75. The molecule has 140 valence electrons. The molecule has 25 heavy (non-hydrogen) atoms. The van der Waals surface area contributed by atoms with Crippen LogP contribution >= 0.6 is 0 Å². The summed E-state index contributed by atoms with van der Waals surface area (Å²) in [5.41, 5.74) is 0.0337. The molecule has 1 aromatic rings. The summed E-state index contributed by atoms with van der Waals surface area (Å²) in [6.07, 6.45) is -1.49. The van der Waals surface area contributed by atoms with E-state index >= 15 is 0 Å². The van der Waals surface area contributed by atoms with Crippen molar-refractivity contribution < 1.29 is 29.3 Å². The summed E-state index contributed by atoms with van der Waals surface area (Å²) in [5, 5.41) is 21.4. The summed E-state index contributed by atoms with van der Waals surface area (Å²) in [6.45, 7) is 7.72. The van der Waals surface area contributed by atoms with Gasteiger partial charge >= 0.3 is 12.1 Å². The molecule has 0 radical (unpaired) electrons. The molecule has 1 amide bonds. The number of carbonyl (C=O) groups excluding carboxylic acids is 1. The molecule has 7 nitrogen and oxygen atoms in total. The fourth-order valence-corrected chi connectivity index (χ4v) is 2.07. The Labute approximate surface area is 147 Å². The average Bonchev–Trinajstić information content (AvgIpc) is 2.51. The number of carboxylic acid groups (broad SMARTS) is 1. The first-order valence-electron chi connectivity index (χ1n) is 8.24. The summed E-state index contributed by atoms with van der Waals surface area (Å²) in [6, 6.07) is 6.05. The van der Waals surface area contributed by atoms with E-state index in [-0.39, 0.29) is 6.42 Å². The number of rotatable bonds is 8. The summed E-state index contributed by atoms with van der Waals surface area (Å²) < 4.78 is 10.6. The van der Waals surface area contributed by atoms with Crippen molar-refractivity contribution >= 4 is 12.1 Å². The van der Waals surface area contributed by atoms with Crippen LogP contribution in [-0.4, -0.2) is 46.6 Å². The van der Waals surface area contributed by atoms with Gasteiger partial charge in [0.05, 0.1) is 12.6 Å². The highest BCUT2D eigenvalue weighted by molar-refractivity contribution is 5.75. The third-order valence-corrected chi connectivity index (χ3v) is 3.19. The van der Waals surface area contributed by atoms with Crippen LogP contribution in [0.1, 0.15) is 39.7 Å². The van der Waals surface area contributed by atoms with Gasteiger partial charge in [-0.2, -0.15) is 0 Å². The van der Waals surface area contributed by atoms with Crippen molar-refractivity contribution in [3.05, 3.63) is 29.8 Å². The van der Waals surface area contributed by atoms with Crippen molar-refractivity contribution in [2.75, 3.05) is 6.61 Å². The van der Waals surface area contributed by atoms with E-state index in [9.17, 15) is 14.7 Å². The van der Waals surface area contributed by atoms with Crippen molar-refractivity contribution in [1.29, 1.82) is 0 Å². The van der Waals surface area contributed by atoms with E-state index in [1.54, 1.807) is 45.0 Å². The normalized spacial score (nSPS) is 13.6. The maximum absolute atomic E-state index is 11.9. The fourth-order valence-electron chi connectivity index (χ4n) is 2.07. The second-order valence-corrected chi connectivity index (χ2v) is 6.73. The minimum Gasteiger partial charge on any atom is -0.494 e. The van der Waals surface area contributed by atoms with Gasteiger partial charge < -0.3 is 25.0 Å². The van der Waals surface area contributed by atoms with Gasteiger partial charge in [0.15, 0.2) is 6.10 Å². The SMILES string of the molecule is CCCOc1ccc(CC(NC(=O)OC(C)(C)C)C(O)C(=O)O)cc1. The van der Waals surface area contributed by atoms with Crippen LogP contribution in [0.15, 0.2) is 24.3 Å². The van der Waals surface area contributed by atoms with Crippen LogP contribution in [0.2, 0.25) is 0 Å². The summed E-state index contributed by atoms with van der Waals surface area (Å²) in [4.78, 5) is 23.0. The molecule has 0 saturated heterocycles. The Bertz CT molecular complexity index is 564. The van der Waals surface area contributed by atoms with Crippen molar-refractivity contribution in [3.8, 4) is 5.75 Å². The highest BCUT2D eigenvalue weighted by Crippen LogP contribution is 2.15. The van der Waals surface area contributed by atoms with E-state index in [0.717, 1.165) is 12.0 Å². The van der Waals surface area contributed by atoms with Crippen LogP contribution in [0.4, 0.5) is 4.79 Å². The van der Waals surface area contributed by atoms with Crippen LogP contribution in [-0.2, 0) is 16.0 Å². The molecule has 0 aliphatic carbocycles. The molecule has 0 saturated carbocycles. The third kappa shape index (κ3) is 7.89. The van der Waals surface area contributed by atoms with Crippen molar-refractivity contribution in [3.63, 3.8) is 0 Å². The number of hydrogen-bond donors (Lipinski definition) is 3. The summed E-state index contributed by atoms with van der Waals surface area (Å²) in [5.74, 6) is -0.704. The number of nitrogens with one attached hydrogen (secondary N) is 1. The van der Waals surface area contributed by atoms with Crippen LogP contribution in [0, 0.1) is 0 Å². The second kappa shape index (κ2) is 9.27. The average molecular weight is 353 g/mol. The molecular formula is C18H27NO6. The second-order valence-electron chi connectivity index (χ2n) is 6.73. The Morgan fingerprint density at radius 3 is 2.28 bits per heavy atom. The van der Waals surface area contributed by atoms with Crippen LogP contribution in [0.3, 0.4) is 0 Å². The van der Waals surface area contributed by atoms with E-state index in [4.69, 9.17) is 14.6 Å². The van der Waals surface area contributed by atoms with Crippen molar-refractivity contribution in [2.45, 2.75) is 58.3 Å². The molecule has 0 fully saturated rings. The van der Waals surface area contributed by atoms with Gasteiger partial charge in [0.1, 0.15) is 11.4 Å². The van der Waals surface area contributed by atoms with Gasteiger partial charge in [-0.1, -0.05) is 19.1 Å². The van der Waals surface area contributed by atoms with Crippen LogP contribution < -0.4 is 10.1 Å². The lowest BCUT2D eigenvalue weighted by Crippen LogP contribution is -2.49. The van der Waals surface area contributed by atoms with E-state index in [2.05, 4.69) is 5.32 Å². The molecular weight excluding hydrogens is 326 g/mol. The molecule has 0 aromatic heterocycles. The number of carbonyl (C=O) groups is 2. The Morgan fingerprint density at radius 1 is 1.20 bits per heavy atom. The molecule has 0 bridgehead atoms. The number of hydrogen-bond acceptors (Lipinski definition) is 5. The molecule has 3 N–H and O–H groups in total. The Balaban J connectivity index is 2.79. The first-order chi connectivity index (χ1) is 11.6. The topological polar surface area (TPSA) is 105 Å². The van der Waals surface area contributed by atoms with Gasteiger partial charge in [0.25, 0.3) is 0 Å². The lowest BCUT2D eigenvalue weighted by atomic mass is 10.0. The van der Waals surface area contributed by atoms with Gasteiger partial charge in [-0.3, -0.25) is 0 Å². The molecule has 1 rings (SSSR count). The van der Waals surface area contributed by atoms with Gasteiger partial charge in [-0.25, -0.2) is 9.59 Å². The van der Waals surface area contributed by atoms with E-state index in [0.29, 0.717) is 12.4 Å². The molecule has 2 unspecified atom stereocenters.